The molecule has 1 saturated heterocycles. The summed E-state index contributed by atoms with van der Waals surface area (Å²) in [5.74, 6) is 0.625. The number of nitrogens with zero attached hydrogens (tertiary/aromatic N) is 2. The number of nitrogens with one attached hydrogen (secondary N) is 2. The van der Waals surface area contributed by atoms with Gasteiger partial charge in [0.25, 0.3) is 0 Å². The van der Waals surface area contributed by atoms with Crippen LogP contribution in [-0.2, 0) is 9.84 Å². The predicted octanol–water partition coefficient (Wildman–Crippen LogP) is -1.19. The molecule has 0 unspecified atom stereocenters. The fourth-order valence-electron chi connectivity index (χ4n) is 0.849. The molecule has 6 nitrogen and oxygen atoms in total. The summed E-state index contributed by atoms with van der Waals surface area (Å²) in [4.78, 5) is 0. The first-order chi connectivity index (χ1) is 6.21. The lowest BCUT2D eigenvalue weighted by atomic mass is 10.6. The number of hydrogen-bond acceptors (Lipinski definition) is 5. The lowest BCUT2D eigenvalue weighted by molar-refractivity contribution is 0.577. The Balaban J connectivity index is 0.000000145. The van der Waals surface area contributed by atoms with Gasteiger partial charge in [0.1, 0.15) is 0 Å². The van der Waals surface area contributed by atoms with Crippen molar-refractivity contribution in [3.63, 3.8) is 0 Å². The summed E-state index contributed by atoms with van der Waals surface area (Å²) in [6, 6.07) is 0. The molecular weight excluding hydrogens is 192 g/mol. The van der Waals surface area contributed by atoms with Crippen LogP contribution in [0.1, 0.15) is 0 Å². The van der Waals surface area contributed by atoms with E-state index in [2.05, 4.69) is 20.7 Å². The van der Waals surface area contributed by atoms with Crippen LogP contribution in [0.4, 0.5) is 0 Å². The maximum atomic E-state index is 10.6. The monoisotopic (exact) mass is 204 g/mol. The van der Waals surface area contributed by atoms with Crippen molar-refractivity contribution in [1.82, 2.24) is 20.7 Å². The van der Waals surface area contributed by atoms with Gasteiger partial charge in [-0.25, -0.2) is 8.42 Å². The van der Waals surface area contributed by atoms with Crippen LogP contribution >= 0.6 is 0 Å². The molecule has 0 aromatic carbocycles. The minimum atomic E-state index is -2.65. The van der Waals surface area contributed by atoms with Crippen molar-refractivity contribution in [2.75, 3.05) is 24.6 Å². The van der Waals surface area contributed by atoms with Gasteiger partial charge in [0.15, 0.2) is 9.84 Å². The molecule has 0 saturated carbocycles. The van der Waals surface area contributed by atoms with Crippen molar-refractivity contribution in [2.24, 2.45) is 0 Å². The van der Waals surface area contributed by atoms with Gasteiger partial charge in [-0.2, -0.15) is 15.4 Å². The molecule has 1 fully saturated rings. The van der Waals surface area contributed by atoms with E-state index in [1.807, 2.05) is 0 Å². The van der Waals surface area contributed by atoms with Gasteiger partial charge in [-0.15, -0.1) is 0 Å². The van der Waals surface area contributed by atoms with Crippen LogP contribution in [-0.4, -0.2) is 48.4 Å². The number of sulfone groups is 1. The van der Waals surface area contributed by atoms with E-state index in [1.165, 1.54) is 0 Å². The minimum Gasteiger partial charge on any atom is -0.315 e. The van der Waals surface area contributed by atoms with Gasteiger partial charge < -0.3 is 5.32 Å². The van der Waals surface area contributed by atoms with Crippen LogP contribution in [0.3, 0.4) is 0 Å². The lowest BCUT2D eigenvalue weighted by Crippen LogP contribution is -2.35. The van der Waals surface area contributed by atoms with Crippen LogP contribution in [0, 0.1) is 0 Å². The second-order valence-electron chi connectivity index (χ2n) is 2.56. The van der Waals surface area contributed by atoms with Gasteiger partial charge in [-0.05, 0) is 0 Å². The highest BCUT2D eigenvalue weighted by atomic mass is 32.2. The molecule has 13 heavy (non-hydrogen) atoms. The predicted molar refractivity (Wildman–Crippen MR) is 47.9 cm³/mol. The summed E-state index contributed by atoms with van der Waals surface area (Å²) >= 11 is 0. The average molecular weight is 204 g/mol. The van der Waals surface area contributed by atoms with Gasteiger partial charge >= 0.3 is 0 Å². The van der Waals surface area contributed by atoms with Crippen LogP contribution < -0.4 is 5.32 Å². The standard InChI is InChI=1S/C4H9NO2S.C2H3N3/c6-8(7)3-1-5-2-4-8;1-2-4-5-3-1/h5H,1-4H2;1-2H,(H,3,4,5). The van der Waals surface area contributed by atoms with Gasteiger partial charge in [0, 0.05) is 13.1 Å². The van der Waals surface area contributed by atoms with E-state index in [1.54, 1.807) is 12.4 Å². The molecule has 0 atom stereocenters. The number of aromatic amines is 1. The molecule has 74 valence electrons. The van der Waals surface area contributed by atoms with Crippen molar-refractivity contribution in [1.29, 1.82) is 0 Å². The summed E-state index contributed by atoms with van der Waals surface area (Å²) in [6.45, 7) is 1.25. The third-order valence-corrected chi connectivity index (χ3v) is 3.16. The van der Waals surface area contributed by atoms with Gasteiger partial charge in [0.2, 0.25) is 0 Å². The highest BCUT2D eigenvalue weighted by Gasteiger charge is 2.13. The summed E-state index contributed by atoms with van der Waals surface area (Å²) in [7, 11) is -2.65. The average Bonchev–Trinajstić information content (AvgIpc) is 2.60. The van der Waals surface area contributed by atoms with E-state index >= 15 is 0 Å². The fourth-order valence-corrected chi connectivity index (χ4v) is 1.96. The molecule has 0 spiro atoms. The Morgan fingerprint density at radius 2 is 1.62 bits per heavy atom. The zero-order chi connectivity index (χ0) is 9.57. The minimum absolute atomic E-state index is 0.312. The smallest absolute Gasteiger partial charge is 0.152 e. The van der Waals surface area contributed by atoms with Gasteiger partial charge in [-0.3, -0.25) is 0 Å². The van der Waals surface area contributed by atoms with E-state index < -0.39 is 9.84 Å². The third-order valence-electron chi connectivity index (χ3n) is 1.51. The first-order valence-corrected chi connectivity index (χ1v) is 5.74. The highest BCUT2D eigenvalue weighted by Crippen LogP contribution is 1.91. The van der Waals surface area contributed by atoms with Crippen molar-refractivity contribution >= 4 is 9.84 Å². The van der Waals surface area contributed by atoms with Gasteiger partial charge in [-0.1, -0.05) is 0 Å². The molecule has 2 heterocycles. The topological polar surface area (TPSA) is 87.7 Å². The number of aromatic nitrogens is 3. The van der Waals surface area contributed by atoms with Crippen molar-refractivity contribution in [3.8, 4) is 0 Å². The van der Waals surface area contributed by atoms with Crippen molar-refractivity contribution < 1.29 is 8.42 Å². The maximum Gasteiger partial charge on any atom is 0.152 e. The second kappa shape index (κ2) is 4.93. The van der Waals surface area contributed by atoms with Gasteiger partial charge in [0.05, 0.1) is 23.9 Å². The molecule has 1 aliphatic rings. The largest absolute Gasteiger partial charge is 0.315 e. The Morgan fingerprint density at radius 1 is 1.08 bits per heavy atom. The first kappa shape index (κ1) is 10.1. The summed E-state index contributed by atoms with van der Waals surface area (Å²) in [5.41, 5.74) is 0. The molecular formula is C6H12N4O2S. The van der Waals surface area contributed by atoms with Crippen LogP contribution in [0.2, 0.25) is 0 Å². The third kappa shape index (κ3) is 4.58. The van der Waals surface area contributed by atoms with E-state index in [0.29, 0.717) is 24.6 Å². The highest BCUT2D eigenvalue weighted by molar-refractivity contribution is 7.91. The van der Waals surface area contributed by atoms with E-state index in [0.717, 1.165) is 0 Å². The number of hydrogen-bond donors (Lipinski definition) is 2. The molecule has 1 aliphatic heterocycles. The molecule has 0 bridgehead atoms. The Hall–Kier alpha value is -0.950. The van der Waals surface area contributed by atoms with Crippen molar-refractivity contribution in [3.05, 3.63) is 12.4 Å². The zero-order valence-corrected chi connectivity index (χ0v) is 7.92. The van der Waals surface area contributed by atoms with E-state index in [-0.39, 0.29) is 0 Å². The maximum absolute atomic E-state index is 10.6. The van der Waals surface area contributed by atoms with Crippen LogP contribution in [0.5, 0.6) is 0 Å². The Morgan fingerprint density at radius 3 is 1.85 bits per heavy atom. The number of rotatable bonds is 0. The molecule has 2 N–H and O–H groups in total. The first-order valence-electron chi connectivity index (χ1n) is 3.91. The Bertz CT molecular complexity index is 278. The molecule has 0 radical (unpaired) electrons. The summed E-state index contributed by atoms with van der Waals surface area (Å²) < 4.78 is 21.2. The number of H-pyrrole nitrogens is 1. The molecule has 1 aromatic heterocycles. The Labute approximate surface area is 76.7 Å². The van der Waals surface area contributed by atoms with Crippen molar-refractivity contribution in [2.45, 2.75) is 0 Å². The summed E-state index contributed by atoms with van der Waals surface area (Å²) in [6.07, 6.45) is 3.17. The zero-order valence-electron chi connectivity index (χ0n) is 7.10. The fraction of sp³-hybridized carbons (Fsp3) is 0.667. The molecule has 2 rings (SSSR count). The molecule has 0 amide bonds. The molecule has 0 aliphatic carbocycles. The quantitative estimate of drug-likeness (QED) is 0.555. The normalized spacial score (nSPS) is 20.0. The SMILES string of the molecule is O=S1(=O)CCNCC1.c1cn[nH]n1. The second-order valence-corrected chi connectivity index (χ2v) is 4.86. The van der Waals surface area contributed by atoms with E-state index in [9.17, 15) is 8.42 Å². The van der Waals surface area contributed by atoms with E-state index in [4.69, 9.17) is 0 Å². The van der Waals surface area contributed by atoms with Crippen LogP contribution in [0.25, 0.3) is 0 Å². The lowest BCUT2D eigenvalue weighted by Gasteiger charge is -2.10. The van der Waals surface area contributed by atoms with Crippen LogP contribution in [0.15, 0.2) is 12.4 Å². The summed E-state index contributed by atoms with van der Waals surface area (Å²) in [5, 5.41) is 12.3. The molecule has 1 aromatic rings. The molecule has 7 heteroatoms. The Kier molecular flexibility index (Phi) is 3.84.